The van der Waals surface area contributed by atoms with Crippen molar-refractivity contribution in [3.63, 3.8) is 0 Å². The van der Waals surface area contributed by atoms with Crippen molar-refractivity contribution in [2.24, 2.45) is 0 Å². The summed E-state index contributed by atoms with van der Waals surface area (Å²) >= 11 is 1.98. The van der Waals surface area contributed by atoms with Crippen LogP contribution in [0.2, 0.25) is 0 Å². The van der Waals surface area contributed by atoms with Crippen molar-refractivity contribution in [2.75, 3.05) is 37.7 Å². The average Bonchev–Trinajstić information content (AvgIpc) is 2.89. The first-order valence-electron chi connectivity index (χ1n) is 6.69. The lowest BCUT2D eigenvalue weighted by Gasteiger charge is -2.25. The Kier molecular flexibility index (Phi) is 5.27. The smallest absolute Gasteiger partial charge is 0.358 e. The molecule has 0 spiro atoms. The summed E-state index contributed by atoms with van der Waals surface area (Å²) in [6.45, 7) is 7.53. The zero-order valence-corrected chi connectivity index (χ0v) is 12.3. The molecule has 0 amide bonds. The lowest BCUT2D eigenvalue weighted by Crippen LogP contribution is -2.35. The molecule has 1 aromatic rings. The number of carbonyl (C=O) groups excluding carboxylic acids is 1. The van der Waals surface area contributed by atoms with E-state index in [1.807, 2.05) is 11.8 Å². The normalized spacial score (nSPS) is 16.8. The SMILES string of the molecule is CC(C)c1cc(C(=O)OCCN2CCSCC2)n[nH]1. The molecule has 0 radical (unpaired) electrons. The predicted octanol–water partition coefficient (Wildman–Crippen LogP) is 1.74. The molecular formula is C13H21N3O2S. The van der Waals surface area contributed by atoms with Crippen LogP contribution >= 0.6 is 11.8 Å². The highest BCUT2D eigenvalue weighted by molar-refractivity contribution is 7.99. The van der Waals surface area contributed by atoms with Gasteiger partial charge in [-0.2, -0.15) is 16.9 Å². The van der Waals surface area contributed by atoms with Crippen LogP contribution in [0, 0.1) is 0 Å². The number of hydrogen-bond acceptors (Lipinski definition) is 5. The van der Waals surface area contributed by atoms with E-state index in [1.165, 1.54) is 11.5 Å². The Balaban J connectivity index is 1.74. The monoisotopic (exact) mass is 283 g/mol. The largest absolute Gasteiger partial charge is 0.460 e. The van der Waals surface area contributed by atoms with Gasteiger partial charge in [-0.05, 0) is 12.0 Å². The third-order valence-corrected chi connectivity index (χ3v) is 4.12. The Morgan fingerprint density at radius 1 is 1.53 bits per heavy atom. The van der Waals surface area contributed by atoms with Crippen LogP contribution in [-0.4, -0.2) is 58.8 Å². The third kappa shape index (κ3) is 4.24. The van der Waals surface area contributed by atoms with Gasteiger partial charge in [0.1, 0.15) is 6.61 Å². The fourth-order valence-electron chi connectivity index (χ4n) is 1.90. The Morgan fingerprint density at radius 2 is 2.26 bits per heavy atom. The Bertz CT molecular complexity index is 414. The van der Waals surface area contributed by atoms with Crippen LogP contribution in [0.1, 0.15) is 35.9 Å². The van der Waals surface area contributed by atoms with Gasteiger partial charge in [0, 0.05) is 36.8 Å². The molecule has 0 saturated carbocycles. The third-order valence-electron chi connectivity index (χ3n) is 3.17. The summed E-state index contributed by atoms with van der Waals surface area (Å²) in [6.07, 6.45) is 0. The maximum atomic E-state index is 11.8. The minimum absolute atomic E-state index is 0.333. The number of hydrogen-bond donors (Lipinski definition) is 1. The number of carbonyl (C=O) groups is 1. The standard InChI is InChI=1S/C13H21N3O2S/c1-10(2)11-9-12(15-14-11)13(17)18-6-3-16-4-7-19-8-5-16/h9-10H,3-8H2,1-2H3,(H,14,15). The van der Waals surface area contributed by atoms with Crippen molar-refractivity contribution in [3.8, 4) is 0 Å². The van der Waals surface area contributed by atoms with Gasteiger partial charge in [-0.3, -0.25) is 10.00 Å². The summed E-state index contributed by atoms with van der Waals surface area (Å²) in [5, 5.41) is 6.85. The van der Waals surface area contributed by atoms with Crippen LogP contribution in [0.4, 0.5) is 0 Å². The molecule has 1 saturated heterocycles. The summed E-state index contributed by atoms with van der Waals surface area (Å²) in [7, 11) is 0. The fraction of sp³-hybridized carbons (Fsp3) is 0.692. The van der Waals surface area contributed by atoms with E-state index in [0.29, 0.717) is 18.2 Å². The minimum atomic E-state index is -0.338. The van der Waals surface area contributed by atoms with E-state index in [1.54, 1.807) is 6.07 Å². The highest BCUT2D eigenvalue weighted by atomic mass is 32.2. The predicted molar refractivity (Wildman–Crippen MR) is 76.7 cm³/mol. The molecule has 0 aliphatic carbocycles. The van der Waals surface area contributed by atoms with Crippen molar-refractivity contribution in [3.05, 3.63) is 17.5 Å². The van der Waals surface area contributed by atoms with Gasteiger partial charge in [0.2, 0.25) is 0 Å². The van der Waals surface area contributed by atoms with Gasteiger partial charge in [-0.15, -0.1) is 0 Å². The first-order valence-corrected chi connectivity index (χ1v) is 7.85. The molecular weight excluding hydrogens is 262 g/mol. The Hall–Kier alpha value is -1.01. The molecule has 106 valence electrons. The van der Waals surface area contributed by atoms with Crippen LogP contribution in [0.15, 0.2) is 6.07 Å². The topological polar surface area (TPSA) is 58.2 Å². The molecule has 0 bridgehead atoms. The number of aromatic nitrogens is 2. The molecule has 1 aromatic heterocycles. The lowest BCUT2D eigenvalue weighted by molar-refractivity contribution is 0.0459. The van der Waals surface area contributed by atoms with Gasteiger partial charge in [-0.1, -0.05) is 13.8 Å². The van der Waals surface area contributed by atoms with Gasteiger partial charge in [0.25, 0.3) is 0 Å². The minimum Gasteiger partial charge on any atom is -0.460 e. The number of aromatic amines is 1. The molecule has 1 N–H and O–H groups in total. The summed E-state index contributed by atoms with van der Waals surface area (Å²) in [4.78, 5) is 14.1. The highest BCUT2D eigenvalue weighted by Gasteiger charge is 2.15. The quantitative estimate of drug-likeness (QED) is 0.834. The van der Waals surface area contributed by atoms with E-state index in [-0.39, 0.29) is 5.97 Å². The molecule has 0 aromatic carbocycles. The second-order valence-corrected chi connectivity index (χ2v) is 6.18. The zero-order chi connectivity index (χ0) is 13.7. The number of H-pyrrole nitrogens is 1. The van der Waals surface area contributed by atoms with Gasteiger partial charge < -0.3 is 4.74 Å². The molecule has 0 atom stereocenters. The Labute approximate surface area is 118 Å². The second-order valence-electron chi connectivity index (χ2n) is 4.95. The summed E-state index contributed by atoms with van der Waals surface area (Å²) in [6, 6.07) is 1.77. The van der Waals surface area contributed by atoms with Gasteiger partial charge in [-0.25, -0.2) is 4.79 Å². The number of nitrogens with one attached hydrogen (secondary N) is 1. The van der Waals surface area contributed by atoms with Crippen LogP contribution in [0.5, 0.6) is 0 Å². The van der Waals surface area contributed by atoms with E-state index in [0.717, 1.165) is 25.3 Å². The van der Waals surface area contributed by atoms with Crippen LogP contribution in [0.3, 0.4) is 0 Å². The van der Waals surface area contributed by atoms with E-state index >= 15 is 0 Å². The van der Waals surface area contributed by atoms with Crippen molar-refractivity contribution < 1.29 is 9.53 Å². The van der Waals surface area contributed by atoms with Gasteiger partial charge in [0.05, 0.1) is 0 Å². The molecule has 5 nitrogen and oxygen atoms in total. The molecule has 2 rings (SSSR count). The fourth-order valence-corrected chi connectivity index (χ4v) is 2.88. The maximum absolute atomic E-state index is 11.8. The van der Waals surface area contributed by atoms with Crippen LogP contribution < -0.4 is 0 Å². The van der Waals surface area contributed by atoms with Gasteiger partial charge >= 0.3 is 5.97 Å². The molecule has 19 heavy (non-hydrogen) atoms. The molecule has 0 unspecified atom stereocenters. The van der Waals surface area contributed by atoms with Crippen molar-refractivity contribution >= 4 is 17.7 Å². The second kappa shape index (κ2) is 6.96. The summed E-state index contributed by atoms with van der Waals surface area (Å²) in [5.74, 6) is 2.34. The summed E-state index contributed by atoms with van der Waals surface area (Å²) < 4.78 is 5.25. The molecule has 6 heteroatoms. The molecule has 1 fully saturated rings. The van der Waals surface area contributed by atoms with E-state index in [2.05, 4.69) is 28.9 Å². The van der Waals surface area contributed by atoms with Crippen molar-refractivity contribution in [1.29, 1.82) is 0 Å². The zero-order valence-electron chi connectivity index (χ0n) is 11.5. The number of rotatable bonds is 5. The number of esters is 1. The molecule has 1 aliphatic heterocycles. The van der Waals surface area contributed by atoms with Crippen LogP contribution in [0.25, 0.3) is 0 Å². The Morgan fingerprint density at radius 3 is 2.89 bits per heavy atom. The van der Waals surface area contributed by atoms with Crippen molar-refractivity contribution in [1.82, 2.24) is 15.1 Å². The number of ether oxygens (including phenoxy) is 1. The van der Waals surface area contributed by atoms with E-state index < -0.39 is 0 Å². The van der Waals surface area contributed by atoms with E-state index in [4.69, 9.17) is 4.74 Å². The lowest BCUT2D eigenvalue weighted by atomic mass is 10.1. The van der Waals surface area contributed by atoms with Gasteiger partial charge in [0.15, 0.2) is 5.69 Å². The van der Waals surface area contributed by atoms with Crippen LogP contribution in [-0.2, 0) is 4.74 Å². The molecule has 2 heterocycles. The van der Waals surface area contributed by atoms with E-state index in [9.17, 15) is 4.79 Å². The molecule has 1 aliphatic rings. The average molecular weight is 283 g/mol. The maximum Gasteiger partial charge on any atom is 0.358 e. The van der Waals surface area contributed by atoms with Crippen molar-refractivity contribution in [2.45, 2.75) is 19.8 Å². The number of thioether (sulfide) groups is 1. The first-order chi connectivity index (χ1) is 9.16. The highest BCUT2D eigenvalue weighted by Crippen LogP contribution is 2.12. The summed E-state index contributed by atoms with van der Waals surface area (Å²) in [5.41, 5.74) is 1.33. The number of nitrogens with zero attached hydrogens (tertiary/aromatic N) is 2. The first kappa shape index (κ1) is 14.4.